The largest absolute Gasteiger partial charge is 0.0620 e. The zero-order valence-corrected chi connectivity index (χ0v) is 14.7. The van der Waals surface area contributed by atoms with Crippen LogP contribution < -0.4 is 0 Å². The Morgan fingerprint density at radius 3 is 2.57 bits per heavy atom. The van der Waals surface area contributed by atoms with Gasteiger partial charge in [-0.2, -0.15) is 0 Å². The molecule has 1 saturated carbocycles. The first-order valence-corrected chi connectivity index (χ1v) is 9.30. The van der Waals surface area contributed by atoms with Crippen molar-refractivity contribution in [3.63, 3.8) is 0 Å². The Morgan fingerprint density at radius 1 is 1.00 bits per heavy atom. The second kappa shape index (κ2) is 5.51. The van der Waals surface area contributed by atoms with E-state index >= 15 is 0 Å². The molecule has 0 heterocycles. The standard InChI is InChI=1S/C23H28/c1-4-17-9-5-7-11-21(17)19-13-16(2)23(3)20(15-19)14-18-10-6-8-12-22(18)23/h5-12,16,19-20H,4,13-15H2,1-3H3/t16-,19?,20+,23+/m0/s1. The van der Waals surface area contributed by atoms with E-state index in [1.165, 1.54) is 19.3 Å². The zero-order valence-electron chi connectivity index (χ0n) is 14.7. The van der Waals surface area contributed by atoms with Crippen molar-refractivity contribution in [1.29, 1.82) is 0 Å². The number of rotatable bonds is 2. The number of hydrogen-bond acceptors (Lipinski definition) is 0. The molecule has 0 heteroatoms. The van der Waals surface area contributed by atoms with Gasteiger partial charge in [0.25, 0.3) is 0 Å². The van der Waals surface area contributed by atoms with E-state index in [4.69, 9.17) is 0 Å². The molecule has 2 aromatic rings. The molecule has 0 saturated heterocycles. The molecule has 0 aliphatic heterocycles. The summed E-state index contributed by atoms with van der Waals surface area (Å²) in [5.41, 5.74) is 6.81. The Bertz CT molecular complexity index is 713. The molecule has 2 aliphatic rings. The zero-order chi connectivity index (χ0) is 16.0. The van der Waals surface area contributed by atoms with Gasteiger partial charge in [-0.3, -0.25) is 0 Å². The molecule has 0 amide bonds. The van der Waals surface area contributed by atoms with Crippen LogP contribution in [0, 0.1) is 11.8 Å². The fourth-order valence-corrected chi connectivity index (χ4v) is 5.54. The topological polar surface area (TPSA) is 0 Å². The first-order valence-electron chi connectivity index (χ1n) is 9.30. The Hall–Kier alpha value is -1.56. The maximum absolute atomic E-state index is 2.54. The summed E-state index contributed by atoms with van der Waals surface area (Å²) in [7, 11) is 0. The van der Waals surface area contributed by atoms with Gasteiger partial charge in [-0.25, -0.2) is 0 Å². The third kappa shape index (κ3) is 2.18. The lowest BCUT2D eigenvalue weighted by atomic mass is 9.58. The fraction of sp³-hybridized carbons (Fsp3) is 0.478. The van der Waals surface area contributed by atoms with Crippen LogP contribution in [-0.2, 0) is 18.3 Å². The first-order chi connectivity index (χ1) is 11.1. The van der Waals surface area contributed by atoms with Crippen molar-refractivity contribution in [3.05, 3.63) is 70.8 Å². The highest BCUT2D eigenvalue weighted by molar-refractivity contribution is 5.43. The van der Waals surface area contributed by atoms with E-state index in [-0.39, 0.29) is 0 Å². The summed E-state index contributed by atoms with van der Waals surface area (Å²) < 4.78 is 0. The third-order valence-electron chi connectivity index (χ3n) is 7.02. The molecule has 0 spiro atoms. The van der Waals surface area contributed by atoms with E-state index in [1.54, 1.807) is 22.3 Å². The van der Waals surface area contributed by atoms with Crippen LogP contribution in [0.4, 0.5) is 0 Å². The van der Waals surface area contributed by atoms with E-state index < -0.39 is 0 Å². The molecular formula is C23H28. The minimum atomic E-state index is 0.383. The smallest absolute Gasteiger partial charge is 0.00151 e. The minimum Gasteiger partial charge on any atom is -0.0620 e. The predicted molar refractivity (Wildman–Crippen MR) is 97.9 cm³/mol. The van der Waals surface area contributed by atoms with Gasteiger partial charge in [0.15, 0.2) is 0 Å². The van der Waals surface area contributed by atoms with Crippen LogP contribution in [0.2, 0.25) is 0 Å². The SMILES string of the molecule is CCc1ccccc1C1C[C@H]2Cc3ccccc3[C@]2(C)[C@@H](C)C1. The van der Waals surface area contributed by atoms with E-state index in [0.717, 1.165) is 24.2 Å². The van der Waals surface area contributed by atoms with Crippen LogP contribution in [0.15, 0.2) is 48.5 Å². The molecule has 1 fully saturated rings. The average molecular weight is 304 g/mol. The molecule has 4 rings (SSSR count). The van der Waals surface area contributed by atoms with Crippen LogP contribution in [0.1, 0.15) is 61.8 Å². The Labute approximate surface area is 140 Å². The van der Waals surface area contributed by atoms with Gasteiger partial charge in [-0.15, -0.1) is 0 Å². The number of hydrogen-bond donors (Lipinski definition) is 0. The van der Waals surface area contributed by atoms with Gasteiger partial charge in [-0.05, 0) is 71.1 Å². The van der Waals surface area contributed by atoms with Gasteiger partial charge >= 0.3 is 0 Å². The van der Waals surface area contributed by atoms with E-state index in [2.05, 4.69) is 69.3 Å². The lowest BCUT2D eigenvalue weighted by Crippen LogP contribution is -2.41. The quantitative estimate of drug-likeness (QED) is 0.648. The lowest BCUT2D eigenvalue weighted by molar-refractivity contribution is 0.133. The van der Waals surface area contributed by atoms with Crippen LogP contribution in [-0.4, -0.2) is 0 Å². The van der Waals surface area contributed by atoms with Gasteiger partial charge in [0.05, 0.1) is 0 Å². The van der Waals surface area contributed by atoms with Gasteiger partial charge in [0.1, 0.15) is 0 Å². The van der Waals surface area contributed by atoms with Crippen molar-refractivity contribution in [2.24, 2.45) is 11.8 Å². The minimum absolute atomic E-state index is 0.383. The average Bonchev–Trinajstić information content (AvgIpc) is 2.88. The van der Waals surface area contributed by atoms with Crippen LogP contribution in [0.25, 0.3) is 0 Å². The monoisotopic (exact) mass is 304 g/mol. The van der Waals surface area contributed by atoms with Crippen LogP contribution in [0.3, 0.4) is 0 Å². The van der Waals surface area contributed by atoms with Crippen molar-refractivity contribution >= 4 is 0 Å². The van der Waals surface area contributed by atoms with Gasteiger partial charge in [0, 0.05) is 0 Å². The van der Waals surface area contributed by atoms with Gasteiger partial charge in [0.2, 0.25) is 0 Å². The first kappa shape index (κ1) is 15.0. The Kier molecular flexibility index (Phi) is 3.59. The second-order valence-electron chi connectivity index (χ2n) is 7.96. The van der Waals surface area contributed by atoms with Crippen molar-refractivity contribution in [2.75, 3.05) is 0 Å². The molecule has 4 atom stereocenters. The van der Waals surface area contributed by atoms with E-state index in [0.29, 0.717) is 5.41 Å². The molecular weight excluding hydrogens is 276 g/mol. The summed E-state index contributed by atoms with van der Waals surface area (Å²) in [6, 6.07) is 18.4. The summed E-state index contributed by atoms with van der Waals surface area (Å²) in [5, 5.41) is 0. The molecule has 120 valence electrons. The maximum atomic E-state index is 2.54. The van der Waals surface area contributed by atoms with Crippen molar-refractivity contribution in [3.8, 4) is 0 Å². The molecule has 1 unspecified atom stereocenters. The molecule has 0 bridgehead atoms. The molecule has 0 radical (unpaired) electrons. The Morgan fingerprint density at radius 2 is 1.74 bits per heavy atom. The highest BCUT2D eigenvalue weighted by atomic mass is 14.5. The summed E-state index contributed by atoms with van der Waals surface area (Å²) in [6.07, 6.45) is 5.12. The summed E-state index contributed by atoms with van der Waals surface area (Å²) in [5.74, 6) is 2.30. The van der Waals surface area contributed by atoms with Crippen molar-refractivity contribution < 1.29 is 0 Å². The number of benzene rings is 2. The van der Waals surface area contributed by atoms with E-state index in [1.807, 2.05) is 0 Å². The van der Waals surface area contributed by atoms with Crippen LogP contribution in [0.5, 0.6) is 0 Å². The lowest BCUT2D eigenvalue weighted by Gasteiger charge is -2.46. The van der Waals surface area contributed by atoms with Crippen molar-refractivity contribution in [1.82, 2.24) is 0 Å². The normalized spacial score (nSPS) is 32.4. The Balaban J connectivity index is 1.70. The van der Waals surface area contributed by atoms with E-state index in [9.17, 15) is 0 Å². The predicted octanol–water partition coefficient (Wildman–Crippen LogP) is 5.89. The van der Waals surface area contributed by atoms with Crippen molar-refractivity contribution in [2.45, 2.75) is 57.8 Å². The number of fused-ring (bicyclic) bond motifs is 3. The molecule has 0 aromatic heterocycles. The highest BCUT2D eigenvalue weighted by Gasteiger charge is 2.50. The molecule has 2 aliphatic carbocycles. The molecule has 2 aromatic carbocycles. The summed E-state index contributed by atoms with van der Waals surface area (Å²) >= 11 is 0. The van der Waals surface area contributed by atoms with Gasteiger partial charge in [-0.1, -0.05) is 69.3 Å². The molecule has 0 N–H and O–H groups in total. The highest BCUT2D eigenvalue weighted by Crippen LogP contribution is 2.57. The summed E-state index contributed by atoms with van der Waals surface area (Å²) in [4.78, 5) is 0. The summed E-state index contributed by atoms with van der Waals surface area (Å²) in [6.45, 7) is 7.33. The number of aryl methyl sites for hydroxylation is 1. The second-order valence-corrected chi connectivity index (χ2v) is 7.96. The van der Waals surface area contributed by atoms with Gasteiger partial charge < -0.3 is 0 Å². The molecule has 23 heavy (non-hydrogen) atoms. The maximum Gasteiger partial charge on any atom is -0.00151 e. The fourth-order valence-electron chi connectivity index (χ4n) is 5.54. The molecule has 0 nitrogen and oxygen atoms in total. The third-order valence-corrected chi connectivity index (χ3v) is 7.02. The van der Waals surface area contributed by atoms with Crippen LogP contribution >= 0.6 is 0 Å².